The van der Waals surface area contributed by atoms with Crippen molar-refractivity contribution in [2.24, 2.45) is 0 Å². The zero-order valence-electron chi connectivity index (χ0n) is 18.8. The summed E-state index contributed by atoms with van der Waals surface area (Å²) < 4.78 is 2.09. The number of nitrogens with zero attached hydrogens (tertiary/aromatic N) is 3. The molecule has 0 unspecified atom stereocenters. The largest absolute Gasteiger partial charge is 0.352 e. The molecule has 1 aliphatic rings. The molecule has 0 saturated carbocycles. The predicted octanol–water partition coefficient (Wildman–Crippen LogP) is 4.11. The first-order valence-electron chi connectivity index (χ1n) is 11.7. The van der Waals surface area contributed by atoms with Crippen LogP contribution in [-0.2, 0) is 17.8 Å². The van der Waals surface area contributed by atoms with Crippen LogP contribution in [0.15, 0.2) is 48.5 Å². The van der Waals surface area contributed by atoms with Gasteiger partial charge in [-0.3, -0.25) is 9.59 Å². The van der Waals surface area contributed by atoms with Crippen LogP contribution in [0, 0.1) is 6.92 Å². The second-order valence-corrected chi connectivity index (χ2v) is 8.62. The van der Waals surface area contributed by atoms with E-state index in [-0.39, 0.29) is 11.8 Å². The lowest BCUT2D eigenvalue weighted by Crippen LogP contribution is -2.31. The van der Waals surface area contributed by atoms with Gasteiger partial charge in [0.05, 0.1) is 11.0 Å². The van der Waals surface area contributed by atoms with Crippen molar-refractivity contribution in [3.8, 4) is 0 Å². The molecule has 0 aliphatic carbocycles. The summed E-state index contributed by atoms with van der Waals surface area (Å²) in [4.78, 5) is 31.7. The zero-order chi connectivity index (χ0) is 22.3. The van der Waals surface area contributed by atoms with Gasteiger partial charge in [-0.1, -0.05) is 36.2 Å². The Balaban J connectivity index is 1.28. The van der Waals surface area contributed by atoms with E-state index in [1.807, 2.05) is 60.4 Å². The summed E-state index contributed by atoms with van der Waals surface area (Å²) in [5.74, 6) is 1.14. The Morgan fingerprint density at radius 3 is 2.50 bits per heavy atom. The fourth-order valence-corrected chi connectivity index (χ4v) is 4.29. The molecule has 1 fully saturated rings. The number of aromatic nitrogens is 2. The highest BCUT2D eigenvalue weighted by Gasteiger charge is 2.20. The molecule has 6 nitrogen and oxygen atoms in total. The number of imidazole rings is 1. The summed E-state index contributed by atoms with van der Waals surface area (Å²) in [6, 6.07) is 15.7. The third kappa shape index (κ3) is 5.36. The van der Waals surface area contributed by atoms with Gasteiger partial charge in [-0.25, -0.2) is 4.98 Å². The van der Waals surface area contributed by atoms with E-state index in [4.69, 9.17) is 4.98 Å². The Kier molecular flexibility index (Phi) is 7.20. The number of unbranched alkanes of at least 4 members (excludes halogenated alkanes) is 2. The fraction of sp³-hybridized carbons (Fsp3) is 0.423. The van der Waals surface area contributed by atoms with Crippen LogP contribution in [0.1, 0.15) is 53.8 Å². The average Bonchev–Trinajstić information content (AvgIpc) is 3.45. The minimum absolute atomic E-state index is 0.0211. The highest BCUT2D eigenvalue weighted by atomic mass is 16.2. The molecular weight excluding hydrogens is 400 g/mol. The Morgan fingerprint density at radius 2 is 1.72 bits per heavy atom. The average molecular weight is 433 g/mol. The zero-order valence-corrected chi connectivity index (χ0v) is 18.8. The summed E-state index contributed by atoms with van der Waals surface area (Å²) in [5.41, 5.74) is 3.82. The number of amides is 2. The number of aryl methyl sites for hydroxylation is 2. The summed E-state index contributed by atoms with van der Waals surface area (Å²) in [5, 5.41) is 3.00. The number of nitrogens with one attached hydrogen (secondary N) is 1. The van der Waals surface area contributed by atoms with Crippen molar-refractivity contribution in [1.29, 1.82) is 0 Å². The van der Waals surface area contributed by atoms with Crippen molar-refractivity contribution in [3.05, 3.63) is 65.5 Å². The molecular formula is C26H32N4O2. The van der Waals surface area contributed by atoms with E-state index in [1.165, 1.54) is 0 Å². The van der Waals surface area contributed by atoms with Crippen LogP contribution >= 0.6 is 0 Å². The van der Waals surface area contributed by atoms with E-state index in [9.17, 15) is 9.59 Å². The molecule has 168 valence electrons. The van der Waals surface area contributed by atoms with Crippen molar-refractivity contribution in [2.75, 3.05) is 19.6 Å². The smallest absolute Gasteiger partial charge is 0.251 e. The van der Waals surface area contributed by atoms with Gasteiger partial charge < -0.3 is 14.8 Å². The van der Waals surface area contributed by atoms with Crippen LogP contribution in [0.3, 0.4) is 0 Å². The van der Waals surface area contributed by atoms with Gasteiger partial charge in [0.1, 0.15) is 12.4 Å². The summed E-state index contributed by atoms with van der Waals surface area (Å²) in [7, 11) is 0. The van der Waals surface area contributed by atoms with E-state index in [1.54, 1.807) is 0 Å². The van der Waals surface area contributed by atoms with Crippen LogP contribution < -0.4 is 5.32 Å². The quantitative estimate of drug-likeness (QED) is 0.518. The Hall–Kier alpha value is -3.15. The van der Waals surface area contributed by atoms with Gasteiger partial charge in [-0.2, -0.15) is 0 Å². The molecule has 3 aromatic rings. The number of hydrogen-bond donors (Lipinski definition) is 1. The molecule has 2 aromatic carbocycles. The van der Waals surface area contributed by atoms with Crippen molar-refractivity contribution in [1.82, 2.24) is 19.8 Å². The minimum atomic E-state index is -0.0211. The molecule has 0 bridgehead atoms. The first kappa shape index (κ1) is 22.1. The molecule has 2 heterocycles. The van der Waals surface area contributed by atoms with Crippen molar-refractivity contribution >= 4 is 22.8 Å². The summed E-state index contributed by atoms with van der Waals surface area (Å²) in [6.07, 6.45) is 5.92. The van der Waals surface area contributed by atoms with E-state index in [0.717, 1.165) is 74.0 Å². The predicted molar refractivity (Wildman–Crippen MR) is 127 cm³/mol. The molecule has 4 rings (SSSR count). The van der Waals surface area contributed by atoms with Crippen molar-refractivity contribution < 1.29 is 9.59 Å². The van der Waals surface area contributed by atoms with Gasteiger partial charge in [0.2, 0.25) is 5.91 Å². The van der Waals surface area contributed by atoms with Crippen LogP contribution in [-0.4, -0.2) is 45.9 Å². The second-order valence-electron chi connectivity index (χ2n) is 8.62. The highest BCUT2D eigenvalue weighted by Crippen LogP contribution is 2.19. The van der Waals surface area contributed by atoms with Gasteiger partial charge in [0.15, 0.2) is 0 Å². The van der Waals surface area contributed by atoms with Gasteiger partial charge in [0.25, 0.3) is 5.91 Å². The topological polar surface area (TPSA) is 67.2 Å². The Morgan fingerprint density at radius 1 is 0.969 bits per heavy atom. The maximum absolute atomic E-state index is 12.8. The van der Waals surface area contributed by atoms with Crippen molar-refractivity contribution in [3.63, 3.8) is 0 Å². The number of carbonyl (C=O) groups excluding carboxylic acids is 2. The second kappa shape index (κ2) is 10.4. The normalized spacial score (nSPS) is 13.6. The molecule has 32 heavy (non-hydrogen) atoms. The van der Waals surface area contributed by atoms with Gasteiger partial charge in [-0.05, 0) is 56.9 Å². The van der Waals surface area contributed by atoms with Crippen LogP contribution in [0.2, 0.25) is 0 Å². The fourth-order valence-electron chi connectivity index (χ4n) is 4.29. The molecule has 1 aromatic heterocycles. The molecule has 0 atom stereocenters. The molecule has 1 saturated heterocycles. The molecule has 1 N–H and O–H groups in total. The lowest BCUT2D eigenvalue weighted by Gasteiger charge is -2.17. The Bertz CT molecular complexity index is 1070. The van der Waals surface area contributed by atoms with E-state index >= 15 is 0 Å². The van der Waals surface area contributed by atoms with Crippen LogP contribution in [0.5, 0.6) is 0 Å². The lowest BCUT2D eigenvalue weighted by molar-refractivity contribution is -0.130. The number of rotatable bonds is 9. The minimum Gasteiger partial charge on any atom is -0.352 e. The molecule has 2 amide bonds. The first-order chi connectivity index (χ1) is 15.6. The number of carbonyl (C=O) groups is 2. The first-order valence-corrected chi connectivity index (χ1v) is 11.7. The van der Waals surface area contributed by atoms with Crippen LogP contribution in [0.25, 0.3) is 11.0 Å². The number of likely N-dealkylation sites (tertiary alicyclic amines) is 1. The summed E-state index contributed by atoms with van der Waals surface area (Å²) in [6.45, 7) is 4.78. The van der Waals surface area contributed by atoms with Gasteiger partial charge >= 0.3 is 0 Å². The maximum Gasteiger partial charge on any atom is 0.251 e. The molecule has 0 spiro atoms. The molecule has 1 aliphatic heterocycles. The van der Waals surface area contributed by atoms with Crippen molar-refractivity contribution in [2.45, 2.75) is 52.0 Å². The standard InChI is InChI=1S/C26H32N4O2/c1-20-12-14-21(15-13-20)26(32)27-16-6-2-3-11-24-28-22-9-4-5-10-23(22)30(24)19-25(31)29-17-7-8-18-29/h4-5,9-10,12-15H,2-3,6-8,11,16-19H2,1H3,(H,27,32). The number of benzene rings is 2. The highest BCUT2D eigenvalue weighted by molar-refractivity contribution is 5.94. The summed E-state index contributed by atoms with van der Waals surface area (Å²) >= 11 is 0. The van der Waals surface area contributed by atoms with E-state index in [2.05, 4.69) is 9.88 Å². The van der Waals surface area contributed by atoms with Crippen LogP contribution in [0.4, 0.5) is 0 Å². The number of hydrogen-bond acceptors (Lipinski definition) is 3. The number of fused-ring (bicyclic) bond motifs is 1. The van der Waals surface area contributed by atoms with E-state index in [0.29, 0.717) is 18.7 Å². The van der Waals surface area contributed by atoms with Gasteiger partial charge in [-0.15, -0.1) is 0 Å². The lowest BCUT2D eigenvalue weighted by atomic mass is 10.1. The molecule has 6 heteroatoms. The number of para-hydroxylation sites is 2. The SMILES string of the molecule is Cc1ccc(C(=O)NCCCCCc2nc3ccccc3n2CC(=O)N2CCCC2)cc1. The van der Waals surface area contributed by atoms with Gasteiger partial charge in [0, 0.05) is 31.6 Å². The maximum atomic E-state index is 12.8. The third-order valence-electron chi connectivity index (χ3n) is 6.16. The monoisotopic (exact) mass is 432 g/mol. The Labute approximate surface area is 189 Å². The third-order valence-corrected chi connectivity index (χ3v) is 6.16. The van der Waals surface area contributed by atoms with E-state index < -0.39 is 0 Å². The molecule has 0 radical (unpaired) electrons.